The molecule has 4 rings (SSSR count). The Balaban J connectivity index is 1.63. The summed E-state index contributed by atoms with van der Waals surface area (Å²) in [6.07, 6.45) is 0.178. The van der Waals surface area contributed by atoms with Gasteiger partial charge in [0.05, 0.1) is 12.3 Å². The molecular formula is C29H31FN2O5S. The average molecular weight is 539 g/mol. The van der Waals surface area contributed by atoms with Gasteiger partial charge in [0.1, 0.15) is 23.1 Å². The van der Waals surface area contributed by atoms with Gasteiger partial charge in [-0.3, -0.25) is 9.59 Å². The number of carbonyl (C=O) groups is 2. The Labute approximate surface area is 222 Å². The van der Waals surface area contributed by atoms with Crippen molar-refractivity contribution in [2.75, 3.05) is 25.4 Å². The van der Waals surface area contributed by atoms with Crippen LogP contribution in [0.5, 0.6) is 5.75 Å². The van der Waals surface area contributed by atoms with Crippen LogP contribution in [0.2, 0.25) is 0 Å². The van der Waals surface area contributed by atoms with Crippen molar-refractivity contribution in [2.45, 2.75) is 38.6 Å². The average Bonchev–Trinajstić information content (AvgIpc) is 3.14. The summed E-state index contributed by atoms with van der Waals surface area (Å²) in [5.74, 6) is -0.933. The van der Waals surface area contributed by atoms with E-state index >= 15 is 4.39 Å². The first-order valence-corrected chi connectivity index (χ1v) is 14.3. The summed E-state index contributed by atoms with van der Waals surface area (Å²) in [6, 6.07) is 15.6. The van der Waals surface area contributed by atoms with E-state index in [0.717, 1.165) is 16.7 Å². The van der Waals surface area contributed by atoms with Crippen LogP contribution in [0.25, 0.3) is 11.1 Å². The van der Waals surface area contributed by atoms with Crippen LogP contribution >= 0.6 is 0 Å². The van der Waals surface area contributed by atoms with Crippen LogP contribution in [0.1, 0.15) is 52.6 Å². The van der Waals surface area contributed by atoms with Crippen molar-refractivity contribution in [3.63, 3.8) is 0 Å². The maximum Gasteiger partial charge on any atom is 0.254 e. The van der Waals surface area contributed by atoms with Crippen molar-refractivity contribution in [1.82, 2.24) is 10.2 Å². The molecule has 1 N–H and O–H groups in total. The van der Waals surface area contributed by atoms with Gasteiger partial charge < -0.3 is 15.0 Å². The van der Waals surface area contributed by atoms with Crippen LogP contribution in [0.15, 0.2) is 59.5 Å². The third-order valence-electron chi connectivity index (χ3n) is 6.65. The Morgan fingerprint density at radius 2 is 1.71 bits per heavy atom. The lowest BCUT2D eigenvalue weighted by molar-refractivity contribution is 0.0731. The summed E-state index contributed by atoms with van der Waals surface area (Å²) in [4.78, 5) is 26.8. The molecule has 2 amide bonds. The van der Waals surface area contributed by atoms with Gasteiger partial charge in [-0.15, -0.1) is 0 Å². The number of benzene rings is 3. The molecule has 9 heteroatoms. The lowest BCUT2D eigenvalue weighted by atomic mass is 10.00. The molecule has 0 radical (unpaired) electrons. The van der Waals surface area contributed by atoms with Crippen molar-refractivity contribution >= 4 is 21.7 Å². The second-order valence-electron chi connectivity index (χ2n) is 9.00. The van der Waals surface area contributed by atoms with Crippen molar-refractivity contribution in [2.24, 2.45) is 0 Å². The predicted molar refractivity (Wildman–Crippen MR) is 144 cm³/mol. The zero-order valence-electron chi connectivity index (χ0n) is 21.7. The maximum atomic E-state index is 15.2. The summed E-state index contributed by atoms with van der Waals surface area (Å²) >= 11 is 0. The van der Waals surface area contributed by atoms with E-state index in [9.17, 15) is 18.0 Å². The number of amides is 2. The summed E-state index contributed by atoms with van der Waals surface area (Å²) in [6.45, 7) is 6.38. The smallest absolute Gasteiger partial charge is 0.254 e. The van der Waals surface area contributed by atoms with E-state index in [4.69, 9.17) is 4.74 Å². The number of rotatable bonds is 7. The van der Waals surface area contributed by atoms with E-state index in [1.807, 2.05) is 37.3 Å². The summed E-state index contributed by atoms with van der Waals surface area (Å²) in [5, 5.41) is 2.78. The molecule has 3 aromatic rings. The third-order valence-corrected chi connectivity index (χ3v) is 8.40. The van der Waals surface area contributed by atoms with Crippen LogP contribution in [-0.4, -0.2) is 50.6 Å². The molecule has 0 saturated carbocycles. The van der Waals surface area contributed by atoms with Crippen LogP contribution < -0.4 is 10.1 Å². The molecule has 0 atom stereocenters. The number of sulfone groups is 1. The first-order chi connectivity index (χ1) is 18.2. The second-order valence-corrected chi connectivity index (χ2v) is 11.2. The largest absolute Gasteiger partial charge is 0.491 e. The number of halogens is 1. The molecule has 0 spiro atoms. The fourth-order valence-electron chi connectivity index (χ4n) is 4.54. The zero-order chi connectivity index (χ0) is 27.4. The number of hydrogen-bond acceptors (Lipinski definition) is 5. The lowest BCUT2D eigenvalue weighted by Crippen LogP contribution is -2.33. The van der Waals surface area contributed by atoms with Gasteiger partial charge in [-0.1, -0.05) is 32.0 Å². The predicted octanol–water partition coefficient (Wildman–Crippen LogP) is 4.63. The molecule has 1 aliphatic rings. The van der Waals surface area contributed by atoms with Crippen LogP contribution in [0.4, 0.5) is 4.39 Å². The Kier molecular flexibility index (Phi) is 8.16. The fraction of sp³-hybridized carbons (Fsp3) is 0.310. The summed E-state index contributed by atoms with van der Waals surface area (Å²) in [5.41, 5.74) is 3.42. The van der Waals surface area contributed by atoms with Crippen molar-refractivity contribution < 1.29 is 27.1 Å². The Morgan fingerprint density at radius 1 is 1.00 bits per heavy atom. The first kappa shape index (κ1) is 27.3. The molecule has 0 fully saturated rings. The van der Waals surface area contributed by atoms with Crippen LogP contribution in [0.3, 0.4) is 0 Å². The number of ether oxygens (including phenoxy) is 1. The van der Waals surface area contributed by atoms with E-state index in [-0.39, 0.29) is 53.2 Å². The van der Waals surface area contributed by atoms with Crippen LogP contribution in [0, 0.1) is 5.82 Å². The second kappa shape index (κ2) is 11.3. The monoisotopic (exact) mass is 538 g/mol. The lowest BCUT2D eigenvalue weighted by Gasteiger charge is -2.22. The molecule has 3 aromatic carbocycles. The Hall–Kier alpha value is -3.72. The van der Waals surface area contributed by atoms with E-state index in [0.29, 0.717) is 24.4 Å². The number of hydrogen-bond donors (Lipinski definition) is 1. The van der Waals surface area contributed by atoms with Gasteiger partial charge in [-0.2, -0.15) is 0 Å². The maximum absolute atomic E-state index is 15.2. The zero-order valence-corrected chi connectivity index (χ0v) is 22.5. The van der Waals surface area contributed by atoms with E-state index in [1.54, 1.807) is 24.0 Å². The first-order valence-electron chi connectivity index (χ1n) is 12.7. The molecule has 7 nitrogen and oxygen atoms in total. The molecule has 0 aromatic heterocycles. The number of nitrogens with zero attached hydrogens (tertiary/aromatic N) is 1. The van der Waals surface area contributed by atoms with Gasteiger partial charge in [0.25, 0.3) is 11.8 Å². The van der Waals surface area contributed by atoms with Gasteiger partial charge in [0.15, 0.2) is 9.84 Å². The molecule has 0 unspecified atom stereocenters. The minimum Gasteiger partial charge on any atom is -0.491 e. The molecule has 1 heterocycles. The molecular weight excluding hydrogens is 507 g/mol. The van der Waals surface area contributed by atoms with Crippen molar-refractivity contribution in [1.29, 1.82) is 0 Å². The van der Waals surface area contributed by atoms with Crippen molar-refractivity contribution in [3.8, 4) is 16.9 Å². The molecule has 0 saturated heterocycles. The Bertz CT molecular complexity index is 1470. The van der Waals surface area contributed by atoms with Gasteiger partial charge in [-0.05, 0) is 60.9 Å². The van der Waals surface area contributed by atoms with Crippen molar-refractivity contribution in [3.05, 3.63) is 82.7 Å². The summed E-state index contributed by atoms with van der Waals surface area (Å²) in [7, 11) is -3.76. The highest BCUT2D eigenvalue weighted by molar-refractivity contribution is 7.91. The van der Waals surface area contributed by atoms with Gasteiger partial charge >= 0.3 is 0 Å². The number of fused-ring (bicyclic) bond motifs is 1. The third kappa shape index (κ3) is 5.43. The van der Waals surface area contributed by atoms with E-state index < -0.39 is 15.7 Å². The minimum atomic E-state index is -3.76. The van der Waals surface area contributed by atoms with Crippen LogP contribution in [-0.2, 0) is 22.8 Å². The Morgan fingerprint density at radius 3 is 2.37 bits per heavy atom. The highest BCUT2D eigenvalue weighted by atomic mass is 32.2. The van der Waals surface area contributed by atoms with Gasteiger partial charge in [-0.25, -0.2) is 12.8 Å². The van der Waals surface area contributed by atoms with E-state index in [1.165, 1.54) is 19.1 Å². The fourth-order valence-corrected chi connectivity index (χ4v) is 5.52. The molecule has 1 aliphatic heterocycles. The highest BCUT2D eigenvalue weighted by Gasteiger charge is 2.27. The van der Waals surface area contributed by atoms with Gasteiger partial charge in [0.2, 0.25) is 0 Å². The van der Waals surface area contributed by atoms with Gasteiger partial charge in [0, 0.05) is 35.3 Å². The molecule has 38 heavy (non-hydrogen) atoms. The quantitative estimate of drug-likeness (QED) is 0.474. The number of nitrogens with one attached hydrogen (secondary N) is 1. The van der Waals surface area contributed by atoms with E-state index in [2.05, 4.69) is 5.32 Å². The number of carbonyl (C=O) groups excluding carboxylic acids is 2. The normalized spacial score (nSPS) is 13.3. The molecule has 0 bridgehead atoms. The molecule has 200 valence electrons. The summed E-state index contributed by atoms with van der Waals surface area (Å²) < 4.78 is 45.7. The highest BCUT2D eigenvalue weighted by Crippen LogP contribution is 2.31. The SMILES string of the molecule is CCNC(=O)c1ccc(-c2ccc3c(c2)CN(C(=O)c2ccc(S(=O)(=O)CC)c(F)c2CC)CCO3)cc1. The standard InChI is InChI=1S/C29H31FN2O5S/c1-4-23-24(12-14-26(27(23)30)38(35,36)6-3)29(34)32-15-16-37-25-13-11-21(17-22(25)18-32)19-7-9-20(10-8-19)28(33)31-5-2/h7-14,17H,4-6,15-16,18H2,1-3H3,(H,31,33). The molecule has 0 aliphatic carbocycles. The minimum absolute atomic E-state index is 0.0934. The topological polar surface area (TPSA) is 92.8 Å².